The van der Waals surface area contributed by atoms with Crippen LogP contribution < -0.4 is 0 Å². The molecule has 9 heteroatoms. The van der Waals surface area contributed by atoms with E-state index in [4.69, 9.17) is 4.52 Å². The molecule has 0 N–H and O–H groups in total. The average molecular weight is 435 g/mol. The van der Waals surface area contributed by atoms with Crippen LogP contribution >= 0.6 is 0 Å². The van der Waals surface area contributed by atoms with E-state index >= 15 is 0 Å². The number of sulfonamides is 1. The fourth-order valence-electron chi connectivity index (χ4n) is 3.93. The third-order valence-electron chi connectivity index (χ3n) is 5.74. The second-order valence-corrected chi connectivity index (χ2v) is 11.8. The molecule has 2 aromatic rings. The average Bonchev–Trinajstić information content (AvgIpc) is 3.48. The number of hydrogen-bond acceptors (Lipinski definition) is 6. The Hall–Kier alpha value is -2.00. The summed E-state index contributed by atoms with van der Waals surface area (Å²) >= 11 is 0. The zero-order chi connectivity index (χ0) is 21.7. The highest BCUT2D eigenvalue weighted by molar-refractivity contribution is 7.89. The molecular weight excluding hydrogens is 404 g/mol. The first-order valence-electron chi connectivity index (χ1n) is 10.7. The lowest BCUT2D eigenvalue weighted by Crippen LogP contribution is -2.50. The fourth-order valence-corrected chi connectivity index (χ4v) is 5.02. The van der Waals surface area contributed by atoms with Crippen molar-refractivity contribution in [3.8, 4) is 0 Å². The van der Waals surface area contributed by atoms with Gasteiger partial charge in [0.1, 0.15) is 0 Å². The van der Waals surface area contributed by atoms with Crippen molar-refractivity contribution < 1.29 is 17.7 Å². The van der Waals surface area contributed by atoms with Crippen molar-refractivity contribution in [3.63, 3.8) is 0 Å². The lowest BCUT2D eigenvalue weighted by molar-refractivity contribution is 0.0699. The Bertz CT molecular complexity index is 1060. The minimum Gasteiger partial charge on any atom is -0.336 e. The molecule has 2 fully saturated rings. The van der Waals surface area contributed by atoms with E-state index in [1.807, 2.05) is 6.07 Å². The zero-order valence-corrected chi connectivity index (χ0v) is 19.0. The Morgan fingerprint density at radius 3 is 2.43 bits per heavy atom. The van der Waals surface area contributed by atoms with Gasteiger partial charge in [-0.15, -0.1) is 0 Å². The molecule has 3 heterocycles. The lowest BCUT2D eigenvalue weighted by Gasteiger charge is -2.34. The third kappa shape index (κ3) is 4.23. The van der Waals surface area contributed by atoms with Crippen LogP contribution in [0.5, 0.6) is 0 Å². The SMILES string of the molecule is CCS(=O)(=O)N1CCN(C(=O)c2cc(C3CC3)nc3onc(CC(C)(C)C)c23)CC1. The summed E-state index contributed by atoms with van der Waals surface area (Å²) in [4.78, 5) is 19.9. The van der Waals surface area contributed by atoms with E-state index in [-0.39, 0.29) is 17.1 Å². The third-order valence-corrected chi connectivity index (χ3v) is 7.63. The Morgan fingerprint density at radius 1 is 1.20 bits per heavy atom. The van der Waals surface area contributed by atoms with Crippen LogP contribution in [0.15, 0.2) is 10.6 Å². The van der Waals surface area contributed by atoms with Gasteiger partial charge >= 0.3 is 0 Å². The monoisotopic (exact) mass is 434 g/mol. The number of rotatable bonds is 5. The molecule has 1 saturated carbocycles. The highest BCUT2D eigenvalue weighted by Crippen LogP contribution is 2.41. The van der Waals surface area contributed by atoms with E-state index in [1.54, 1.807) is 11.8 Å². The number of amides is 1. The number of hydrogen-bond donors (Lipinski definition) is 0. The molecule has 8 nitrogen and oxygen atoms in total. The molecule has 1 amide bonds. The van der Waals surface area contributed by atoms with Gasteiger partial charge in [-0.05, 0) is 37.7 Å². The topological polar surface area (TPSA) is 96.6 Å². The van der Waals surface area contributed by atoms with Gasteiger partial charge in [0.2, 0.25) is 10.0 Å². The Kier molecular flexibility index (Phi) is 5.38. The van der Waals surface area contributed by atoms with Crippen LogP contribution in [-0.2, 0) is 16.4 Å². The van der Waals surface area contributed by atoms with Crippen molar-refractivity contribution in [1.29, 1.82) is 0 Å². The molecule has 0 aromatic carbocycles. The van der Waals surface area contributed by atoms with Crippen molar-refractivity contribution in [3.05, 3.63) is 23.0 Å². The van der Waals surface area contributed by atoms with Gasteiger partial charge < -0.3 is 9.42 Å². The van der Waals surface area contributed by atoms with Crippen LogP contribution in [0.1, 0.15) is 68.2 Å². The van der Waals surface area contributed by atoms with E-state index < -0.39 is 10.0 Å². The number of aromatic nitrogens is 2. The van der Waals surface area contributed by atoms with E-state index in [2.05, 4.69) is 30.9 Å². The van der Waals surface area contributed by atoms with Crippen LogP contribution in [0.4, 0.5) is 0 Å². The molecule has 2 aromatic heterocycles. The zero-order valence-electron chi connectivity index (χ0n) is 18.1. The molecule has 30 heavy (non-hydrogen) atoms. The van der Waals surface area contributed by atoms with Gasteiger partial charge in [0.05, 0.1) is 22.4 Å². The van der Waals surface area contributed by atoms with E-state index in [9.17, 15) is 13.2 Å². The summed E-state index contributed by atoms with van der Waals surface area (Å²) < 4.78 is 31.3. The number of nitrogens with zero attached hydrogens (tertiary/aromatic N) is 4. The summed E-state index contributed by atoms with van der Waals surface area (Å²) in [6.45, 7) is 9.40. The van der Waals surface area contributed by atoms with Gasteiger partial charge in [-0.1, -0.05) is 25.9 Å². The van der Waals surface area contributed by atoms with Gasteiger partial charge in [-0.25, -0.2) is 13.4 Å². The quantitative estimate of drug-likeness (QED) is 0.718. The summed E-state index contributed by atoms with van der Waals surface area (Å²) in [6.07, 6.45) is 2.82. The first kappa shape index (κ1) is 21.2. The fraction of sp³-hybridized carbons (Fsp3) is 0.667. The van der Waals surface area contributed by atoms with Gasteiger partial charge in [0, 0.05) is 37.8 Å². The molecule has 0 radical (unpaired) electrons. The van der Waals surface area contributed by atoms with Crippen molar-refractivity contribution in [2.24, 2.45) is 5.41 Å². The molecule has 164 valence electrons. The number of piperazine rings is 1. The normalized spacial score (nSPS) is 18.9. The summed E-state index contributed by atoms with van der Waals surface area (Å²) in [5.74, 6) is 0.355. The second kappa shape index (κ2) is 7.60. The lowest BCUT2D eigenvalue weighted by atomic mass is 9.89. The maximum Gasteiger partial charge on any atom is 0.259 e. The molecule has 1 aliphatic carbocycles. The maximum atomic E-state index is 13.5. The second-order valence-electron chi connectivity index (χ2n) is 9.51. The van der Waals surface area contributed by atoms with Crippen LogP contribution in [0.2, 0.25) is 0 Å². The Labute approximate surface area is 177 Å². The molecule has 0 bridgehead atoms. The summed E-state index contributed by atoms with van der Waals surface area (Å²) in [5.41, 5.74) is 2.63. The molecule has 0 spiro atoms. The van der Waals surface area contributed by atoms with Gasteiger partial charge in [-0.2, -0.15) is 4.31 Å². The minimum atomic E-state index is -3.24. The van der Waals surface area contributed by atoms with Gasteiger partial charge in [0.15, 0.2) is 0 Å². The first-order chi connectivity index (χ1) is 14.1. The van der Waals surface area contributed by atoms with E-state index in [0.717, 1.165) is 24.2 Å². The molecule has 1 saturated heterocycles. The summed E-state index contributed by atoms with van der Waals surface area (Å²) in [6, 6.07) is 1.90. The summed E-state index contributed by atoms with van der Waals surface area (Å²) in [7, 11) is -3.24. The smallest absolute Gasteiger partial charge is 0.259 e. The molecular formula is C21H30N4O4S. The van der Waals surface area contributed by atoms with Crippen LogP contribution in [0.3, 0.4) is 0 Å². The molecule has 0 unspecified atom stereocenters. The Balaban J connectivity index is 1.67. The van der Waals surface area contributed by atoms with Crippen molar-refractivity contribution in [1.82, 2.24) is 19.3 Å². The van der Waals surface area contributed by atoms with Gasteiger partial charge in [0.25, 0.3) is 11.6 Å². The standard InChI is InChI=1S/C21H30N4O4S/c1-5-30(27,28)25-10-8-24(9-11-25)20(26)15-12-16(14-6-7-14)22-19-18(15)17(23-29-19)13-21(2,3)4/h12,14H,5-11,13H2,1-4H3. The van der Waals surface area contributed by atoms with Gasteiger partial charge in [-0.3, -0.25) is 4.79 Å². The molecule has 0 atom stereocenters. The predicted octanol–water partition coefficient (Wildman–Crippen LogP) is 2.80. The van der Waals surface area contributed by atoms with Crippen LogP contribution in [0, 0.1) is 5.41 Å². The van der Waals surface area contributed by atoms with Crippen LogP contribution in [-0.4, -0.2) is 65.6 Å². The number of pyridine rings is 1. The highest BCUT2D eigenvalue weighted by atomic mass is 32.2. The molecule has 4 rings (SSSR count). The molecule has 1 aliphatic heterocycles. The summed E-state index contributed by atoms with van der Waals surface area (Å²) in [5, 5.41) is 4.95. The van der Waals surface area contributed by atoms with E-state index in [1.165, 1.54) is 4.31 Å². The van der Waals surface area contributed by atoms with Crippen molar-refractivity contribution >= 4 is 27.0 Å². The van der Waals surface area contributed by atoms with Crippen molar-refractivity contribution in [2.75, 3.05) is 31.9 Å². The highest BCUT2D eigenvalue weighted by Gasteiger charge is 2.33. The number of carbonyl (C=O) groups excluding carboxylic acids is 1. The Morgan fingerprint density at radius 2 is 1.87 bits per heavy atom. The predicted molar refractivity (Wildman–Crippen MR) is 114 cm³/mol. The number of fused-ring (bicyclic) bond motifs is 1. The van der Waals surface area contributed by atoms with Crippen LogP contribution in [0.25, 0.3) is 11.1 Å². The number of carbonyl (C=O) groups is 1. The first-order valence-corrected chi connectivity index (χ1v) is 12.3. The van der Waals surface area contributed by atoms with E-state index in [0.29, 0.717) is 55.2 Å². The molecule has 2 aliphatic rings. The minimum absolute atomic E-state index is 0.0145. The largest absolute Gasteiger partial charge is 0.336 e. The maximum absolute atomic E-state index is 13.5. The van der Waals surface area contributed by atoms with Crippen molar-refractivity contribution in [2.45, 2.75) is 52.9 Å².